The Morgan fingerprint density at radius 2 is 1.71 bits per heavy atom. The minimum absolute atomic E-state index is 0.0972. The summed E-state index contributed by atoms with van der Waals surface area (Å²) in [7, 11) is 0. The lowest BCUT2D eigenvalue weighted by Gasteiger charge is -2.08. The largest absolute Gasteiger partial charge is 0.299 e. The zero-order valence-electron chi connectivity index (χ0n) is 5.03. The maximum Gasteiger partial charge on any atom is 0.0798 e. The lowest BCUT2D eigenvalue weighted by Crippen LogP contribution is -2.27. The van der Waals surface area contributed by atoms with E-state index in [0.29, 0.717) is 6.04 Å². The molecule has 0 saturated heterocycles. The van der Waals surface area contributed by atoms with Gasteiger partial charge in [-0.3, -0.25) is 5.32 Å². The van der Waals surface area contributed by atoms with E-state index >= 15 is 0 Å². The SMILES string of the molecule is CC(C)NC(C)Cl. The average Bonchev–Trinajstić information content (AvgIpc) is 1.27. The summed E-state index contributed by atoms with van der Waals surface area (Å²) in [5, 5.41) is 3.07. The van der Waals surface area contributed by atoms with E-state index in [1.807, 2.05) is 6.92 Å². The van der Waals surface area contributed by atoms with Crippen LogP contribution in [0.15, 0.2) is 0 Å². The fourth-order valence-corrected chi connectivity index (χ4v) is 0.711. The van der Waals surface area contributed by atoms with Crippen LogP contribution in [0.5, 0.6) is 0 Å². The summed E-state index contributed by atoms with van der Waals surface area (Å²) in [4.78, 5) is 0. The highest BCUT2D eigenvalue weighted by molar-refractivity contribution is 6.20. The lowest BCUT2D eigenvalue weighted by atomic mass is 10.4. The maximum absolute atomic E-state index is 5.56. The van der Waals surface area contributed by atoms with Crippen LogP contribution in [0.4, 0.5) is 0 Å². The second-order valence-corrected chi connectivity index (χ2v) is 2.59. The second-order valence-electron chi connectivity index (χ2n) is 1.94. The molecule has 0 saturated carbocycles. The van der Waals surface area contributed by atoms with Crippen LogP contribution < -0.4 is 5.32 Å². The van der Waals surface area contributed by atoms with Crippen LogP contribution in [0, 0.1) is 0 Å². The fraction of sp³-hybridized carbons (Fsp3) is 1.00. The summed E-state index contributed by atoms with van der Waals surface area (Å²) in [6.45, 7) is 6.05. The van der Waals surface area contributed by atoms with E-state index in [1.165, 1.54) is 0 Å². The van der Waals surface area contributed by atoms with Gasteiger partial charge in [0, 0.05) is 6.04 Å². The molecule has 0 spiro atoms. The van der Waals surface area contributed by atoms with Crippen LogP contribution in [-0.4, -0.2) is 11.5 Å². The Hall–Kier alpha value is 0.250. The molecular formula is C5H12ClN. The average molecular weight is 122 g/mol. The van der Waals surface area contributed by atoms with Crippen molar-refractivity contribution in [3.05, 3.63) is 0 Å². The van der Waals surface area contributed by atoms with Gasteiger partial charge >= 0.3 is 0 Å². The molecule has 1 atom stereocenters. The Balaban J connectivity index is 2.95. The van der Waals surface area contributed by atoms with Crippen molar-refractivity contribution in [1.29, 1.82) is 0 Å². The molecule has 7 heavy (non-hydrogen) atoms. The first-order valence-corrected chi connectivity index (χ1v) is 2.96. The molecular weight excluding hydrogens is 110 g/mol. The number of hydrogen-bond acceptors (Lipinski definition) is 1. The zero-order valence-corrected chi connectivity index (χ0v) is 5.79. The van der Waals surface area contributed by atoms with Crippen molar-refractivity contribution in [2.75, 3.05) is 0 Å². The van der Waals surface area contributed by atoms with Crippen molar-refractivity contribution in [3.8, 4) is 0 Å². The van der Waals surface area contributed by atoms with Gasteiger partial charge in [-0.25, -0.2) is 0 Å². The summed E-state index contributed by atoms with van der Waals surface area (Å²) < 4.78 is 0. The summed E-state index contributed by atoms with van der Waals surface area (Å²) in [5.41, 5.74) is 0.0972. The van der Waals surface area contributed by atoms with Crippen molar-refractivity contribution in [1.82, 2.24) is 5.32 Å². The Kier molecular flexibility index (Phi) is 3.39. The fourth-order valence-electron chi connectivity index (χ4n) is 0.459. The lowest BCUT2D eigenvalue weighted by molar-refractivity contribution is 0.581. The molecule has 0 amide bonds. The highest BCUT2D eigenvalue weighted by Crippen LogP contribution is 1.88. The summed E-state index contributed by atoms with van der Waals surface area (Å²) >= 11 is 5.56. The van der Waals surface area contributed by atoms with E-state index in [-0.39, 0.29) is 5.50 Å². The first kappa shape index (κ1) is 7.25. The Morgan fingerprint density at radius 3 is 1.71 bits per heavy atom. The molecule has 0 heterocycles. The predicted octanol–water partition coefficient (Wildman–Crippen LogP) is 1.57. The van der Waals surface area contributed by atoms with Crippen molar-refractivity contribution < 1.29 is 0 Å². The van der Waals surface area contributed by atoms with E-state index in [9.17, 15) is 0 Å². The number of rotatable bonds is 2. The zero-order chi connectivity index (χ0) is 5.86. The molecule has 2 heteroatoms. The molecule has 0 fully saturated rings. The van der Waals surface area contributed by atoms with Crippen LogP contribution in [-0.2, 0) is 0 Å². The minimum Gasteiger partial charge on any atom is -0.299 e. The summed E-state index contributed by atoms with van der Waals surface area (Å²) in [6, 6.07) is 0.493. The Morgan fingerprint density at radius 1 is 1.29 bits per heavy atom. The van der Waals surface area contributed by atoms with E-state index in [0.717, 1.165) is 0 Å². The molecule has 0 aromatic rings. The molecule has 44 valence electrons. The Labute approximate surface area is 50.1 Å². The molecule has 0 aliphatic rings. The van der Waals surface area contributed by atoms with E-state index < -0.39 is 0 Å². The van der Waals surface area contributed by atoms with Crippen LogP contribution in [0.25, 0.3) is 0 Å². The van der Waals surface area contributed by atoms with Gasteiger partial charge in [0.15, 0.2) is 0 Å². The van der Waals surface area contributed by atoms with Gasteiger partial charge in [-0.15, -0.1) is 11.6 Å². The molecule has 0 radical (unpaired) electrons. The van der Waals surface area contributed by atoms with Crippen molar-refractivity contribution in [3.63, 3.8) is 0 Å². The van der Waals surface area contributed by atoms with Crippen LogP contribution in [0.1, 0.15) is 20.8 Å². The van der Waals surface area contributed by atoms with Gasteiger partial charge in [0.1, 0.15) is 0 Å². The van der Waals surface area contributed by atoms with Crippen molar-refractivity contribution in [2.45, 2.75) is 32.3 Å². The van der Waals surface area contributed by atoms with Gasteiger partial charge in [-0.1, -0.05) is 0 Å². The molecule has 0 bridgehead atoms. The van der Waals surface area contributed by atoms with E-state index in [1.54, 1.807) is 0 Å². The van der Waals surface area contributed by atoms with Crippen molar-refractivity contribution in [2.24, 2.45) is 0 Å². The minimum atomic E-state index is 0.0972. The van der Waals surface area contributed by atoms with E-state index in [2.05, 4.69) is 19.2 Å². The van der Waals surface area contributed by atoms with Gasteiger partial charge in [0.05, 0.1) is 5.50 Å². The highest BCUT2D eigenvalue weighted by atomic mass is 35.5. The highest BCUT2D eigenvalue weighted by Gasteiger charge is 1.94. The summed E-state index contributed by atoms with van der Waals surface area (Å²) in [5.74, 6) is 0. The molecule has 0 aliphatic carbocycles. The topological polar surface area (TPSA) is 12.0 Å². The van der Waals surface area contributed by atoms with Crippen LogP contribution in [0.3, 0.4) is 0 Å². The summed E-state index contributed by atoms with van der Waals surface area (Å²) in [6.07, 6.45) is 0. The number of halogens is 1. The first-order chi connectivity index (χ1) is 3.13. The van der Waals surface area contributed by atoms with Gasteiger partial charge < -0.3 is 0 Å². The smallest absolute Gasteiger partial charge is 0.0798 e. The Bertz CT molecular complexity index is 37.3. The number of hydrogen-bond donors (Lipinski definition) is 1. The predicted molar refractivity (Wildman–Crippen MR) is 33.6 cm³/mol. The molecule has 0 rings (SSSR count). The van der Waals surface area contributed by atoms with Gasteiger partial charge in [-0.2, -0.15) is 0 Å². The third kappa shape index (κ3) is 6.25. The molecule has 1 N–H and O–H groups in total. The van der Waals surface area contributed by atoms with E-state index in [4.69, 9.17) is 11.6 Å². The standard InChI is InChI=1S/C5H12ClN/c1-4(2)7-5(3)6/h4-5,7H,1-3H3. The van der Waals surface area contributed by atoms with Gasteiger partial charge in [0.2, 0.25) is 0 Å². The van der Waals surface area contributed by atoms with Crippen LogP contribution in [0.2, 0.25) is 0 Å². The third-order valence-electron chi connectivity index (χ3n) is 0.563. The van der Waals surface area contributed by atoms with Gasteiger partial charge in [0.25, 0.3) is 0 Å². The second kappa shape index (κ2) is 3.28. The number of alkyl halides is 1. The molecule has 1 nitrogen and oxygen atoms in total. The molecule has 1 unspecified atom stereocenters. The maximum atomic E-state index is 5.56. The molecule has 0 aromatic carbocycles. The quantitative estimate of drug-likeness (QED) is 0.432. The molecule has 0 aliphatic heterocycles. The monoisotopic (exact) mass is 121 g/mol. The third-order valence-corrected chi connectivity index (χ3v) is 0.689. The normalized spacial score (nSPS) is 15.0. The van der Waals surface area contributed by atoms with Crippen molar-refractivity contribution >= 4 is 11.6 Å². The van der Waals surface area contributed by atoms with Gasteiger partial charge in [-0.05, 0) is 20.8 Å². The first-order valence-electron chi connectivity index (χ1n) is 2.53. The number of nitrogens with one attached hydrogen (secondary N) is 1. The van der Waals surface area contributed by atoms with Crippen LogP contribution >= 0.6 is 11.6 Å². The molecule has 0 aromatic heterocycles.